The number of halogens is 1. The Morgan fingerprint density at radius 3 is 2.38 bits per heavy atom. The predicted molar refractivity (Wildman–Crippen MR) is 135 cm³/mol. The number of aromatic nitrogens is 1. The first-order valence-corrected chi connectivity index (χ1v) is 11.5. The largest absolute Gasteiger partial charge is 0.460 e. The van der Waals surface area contributed by atoms with Gasteiger partial charge >= 0.3 is 5.97 Å². The van der Waals surface area contributed by atoms with Gasteiger partial charge in [-0.3, -0.25) is 9.59 Å². The minimum Gasteiger partial charge on any atom is -0.460 e. The van der Waals surface area contributed by atoms with Gasteiger partial charge in [0.1, 0.15) is 12.3 Å². The Bertz CT molecular complexity index is 1260. The zero-order valence-corrected chi connectivity index (χ0v) is 19.4. The molecule has 0 unspecified atom stereocenters. The number of aromatic amines is 1. The molecule has 0 radical (unpaired) electrons. The van der Waals surface area contributed by atoms with E-state index in [1.165, 1.54) is 0 Å². The highest BCUT2D eigenvalue weighted by Crippen LogP contribution is 2.32. The summed E-state index contributed by atoms with van der Waals surface area (Å²) >= 11 is 6.22. The van der Waals surface area contributed by atoms with Crippen LogP contribution >= 0.6 is 11.6 Å². The summed E-state index contributed by atoms with van der Waals surface area (Å²) in [5, 5.41) is 8.33. The average molecular weight is 476 g/mol. The summed E-state index contributed by atoms with van der Waals surface area (Å²) < 4.78 is 5.23. The van der Waals surface area contributed by atoms with E-state index in [0.29, 0.717) is 30.2 Å². The van der Waals surface area contributed by atoms with Crippen LogP contribution in [-0.4, -0.2) is 36.5 Å². The highest BCUT2D eigenvalue weighted by Gasteiger charge is 2.17. The smallest absolute Gasteiger partial charge is 0.320 e. The molecule has 7 heteroatoms. The fraction of sp³-hybridized carbons (Fsp3) is 0.185. The average Bonchev–Trinajstić information content (AvgIpc) is 3.24. The molecule has 3 aromatic carbocycles. The van der Waals surface area contributed by atoms with Crippen molar-refractivity contribution in [1.29, 1.82) is 0 Å². The normalized spacial score (nSPS) is 10.9. The number of ether oxygens (including phenoxy) is 1. The maximum absolute atomic E-state index is 12.9. The number of hydrogen-bond acceptors (Lipinski definition) is 4. The number of hydrogen-bond donors (Lipinski definition) is 3. The molecule has 6 nitrogen and oxygen atoms in total. The Balaban J connectivity index is 1.26. The number of amides is 1. The van der Waals surface area contributed by atoms with E-state index in [4.69, 9.17) is 16.3 Å². The van der Waals surface area contributed by atoms with E-state index in [1.807, 2.05) is 72.8 Å². The molecule has 0 saturated heterocycles. The molecule has 4 aromatic rings. The van der Waals surface area contributed by atoms with Crippen LogP contribution in [0.25, 0.3) is 22.0 Å². The summed E-state index contributed by atoms with van der Waals surface area (Å²) in [7, 11) is 0. The van der Waals surface area contributed by atoms with Gasteiger partial charge in [-0.25, -0.2) is 0 Å². The molecule has 0 aliphatic heterocycles. The van der Waals surface area contributed by atoms with E-state index in [-0.39, 0.29) is 25.0 Å². The van der Waals surface area contributed by atoms with Crippen molar-refractivity contribution in [2.24, 2.45) is 0 Å². The van der Waals surface area contributed by atoms with Crippen molar-refractivity contribution in [1.82, 2.24) is 15.6 Å². The lowest BCUT2D eigenvalue weighted by molar-refractivity contribution is -0.143. The van der Waals surface area contributed by atoms with E-state index in [1.54, 1.807) is 6.07 Å². The first-order valence-electron chi connectivity index (χ1n) is 11.2. The Morgan fingerprint density at radius 2 is 1.62 bits per heavy atom. The fourth-order valence-corrected chi connectivity index (χ4v) is 3.87. The first-order chi connectivity index (χ1) is 16.6. The highest BCUT2D eigenvalue weighted by atomic mass is 35.5. The predicted octanol–water partition coefficient (Wildman–Crippen LogP) is 4.94. The molecule has 34 heavy (non-hydrogen) atoms. The van der Waals surface area contributed by atoms with Crippen LogP contribution in [0.3, 0.4) is 0 Å². The molecule has 0 saturated carbocycles. The van der Waals surface area contributed by atoms with Crippen molar-refractivity contribution in [3.63, 3.8) is 0 Å². The van der Waals surface area contributed by atoms with Crippen molar-refractivity contribution < 1.29 is 14.3 Å². The van der Waals surface area contributed by atoms with Crippen LogP contribution in [0, 0.1) is 0 Å². The van der Waals surface area contributed by atoms with Crippen molar-refractivity contribution in [2.75, 3.05) is 19.6 Å². The molecule has 3 N–H and O–H groups in total. The molecule has 0 aliphatic rings. The molecule has 0 aliphatic carbocycles. The molecule has 1 heterocycles. The molecular weight excluding hydrogens is 450 g/mol. The molecule has 0 spiro atoms. The number of benzene rings is 3. The molecular formula is C27H26ClN3O3. The molecule has 4 rings (SSSR count). The van der Waals surface area contributed by atoms with Gasteiger partial charge < -0.3 is 20.4 Å². The number of carbonyl (C=O) groups is 2. The number of H-pyrrole nitrogens is 1. The topological polar surface area (TPSA) is 83.2 Å². The Labute approximate surface area is 203 Å². The number of carbonyl (C=O) groups excluding carboxylic acids is 2. The minimum atomic E-state index is -0.308. The molecule has 0 fully saturated rings. The van der Waals surface area contributed by atoms with E-state index >= 15 is 0 Å². The third-order valence-corrected chi connectivity index (χ3v) is 5.62. The van der Waals surface area contributed by atoms with Gasteiger partial charge in [0.05, 0.1) is 12.2 Å². The molecule has 1 amide bonds. The minimum absolute atomic E-state index is 0.128. The van der Waals surface area contributed by atoms with E-state index in [0.717, 1.165) is 27.6 Å². The van der Waals surface area contributed by atoms with Gasteiger partial charge in [0.2, 0.25) is 0 Å². The van der Waals surface area contributed by atoms with Gasteiger partial charge in [0, 0.05) is 22.3 Å². The van der Waals surface area contributed by atoms with Gasteiger partial charge in [0.25, 0.3) is 5.91 Å². The summed E-state index contributed by atoms with van der Waals surface area (Å²) in [6.45, 7) is 1.44. The lowest BCUT2D eigenvalue weighted by Gasteiger charge is -2.07. The van der Waals surface area contributed by atoms with Crippen molar-refractivity contribution in [3.8, 4) is 11.3 Å². The second-order valence-electron chi connectivity index (χ2n) is 7.86. The van der Waals surface area contributed by atoms with Crippen LogP contribution in [0.5, 0.6) is 0 Å². The maximum atomic E-state index is 12.9. The standard InChI is InChI=1S/C27H26ClN3O3/c28-21-12-13-22-23(16-21)25(20-10-5-2-6-11-20)31-26(22)27(33)30-15-7-14-29-17-24(32)34-18-19-8-3-1-4-9-19/h1-6,8-13,16,29,31H,7,14-15,17-18H2,(H,30,33). The Morgan fingerprint density at radius 1 is 0.882 bits per heavy atom. The zero-order valence-electron chi connectivity index (χ0n) is 18.6. The molecule has 0 bridgehead atoms. The van der Waals surface area contributed by atoms with Gasteiger partial charge in [-0.05, 0) is 36.2 Å². The molecule has 0 atom stereocenters. The third kappa shape index (κ3) is 6.04. The number of fused-ring (bicyclic) bond motifs is 1. The van der Waals surface area contributed by atoms with Gasteiger partial charge in [-0.2, -0.15) is 0 Å². The van der Waals surface area contributed by atoms with Gasteiger partial charge in [0.15, 0.2) is 0 Å². The number of nitrogens with one attached hydrogen (secondary N) is 3. The SMILES string of the molecule is O=C(CNCCCNC(=O)c1[nH]c(-c2ccccc2)c2cc(Cl)ccc12)OCc1ccccc1. The van der Waals surface area contributed by atoms with E-state index in [9.17, 15) is 9.59 Å². The van der Waals surface area contributed by atoms with E-state index in [2.05, 4.69) is 15.6 Å². The van der Waals surface area contributed by atoms with Gasteiger partial charge in [-0.15, -0.1) is 0 Å². The maximum Gasteiger partial charge on any atom is 0.320 e. The first kappa shape index (κ1) is 23.5. The summed E-state index contributed by atoms with van der Waals surface area (Å²) in [5.41, 5.74) is 3.30. The summed E-state index contributed by atoms with van der Waals surface area (Å²) in [6.07, 6.45) is 0.674. The molecule has 174 valence electrons. The Hall–Kier alpha value is -3.61. The van der Waals surface area contributed by atoms with Crippen LogP contribution in [0.4, 0.5) is 0 Å². The summed E-state index contributed by atoms with van der Waals surface area (Å²) in [6, 6.07) is 24.9. The quantitative estimate of drug-likeness (QED) is 0.224. The lowest BCUT2D eigenvalue weighted by Crippen LogP contribution is -2.30. The van der Waals surface area contributed by atoms with Crippen molar-refractivity contribution in [2.45, 2.75) is 13.0 Å². The summed E-state index contributed by atoms with van der Waals surface area (Å²) in [5.74, 6) is -0.491. The lowest BCUT2D eigenvalue weighted by atomic mass is 10.1. The molecule has 1 aromatic heterocycles. The number of rotatable bonds is 10. The second kappa shape index (κ2) is 11.5. The van der Waals surface area contributed by atoms with Crippen LogP contribution in [0.2, 0.25) is 5.02 Å². The highest BCUT2D eigenvalue weighted by molar-refractivity contribution is 6.31. The van der Waals surface area contributed by atoms with Crippen LogP contribution in [0.15, 0.2) is 78.9 Å². The zero-order chi connectivity index (χ0) is 23.8. The van der Waals surface area contributed by atoms with Crippen LogP contribution in [-0.2, 0) is 16.1 Å². The Kier molecular flexibility index (Phi) is 7.96. The van der Waals surface area contributed by atoms with Crippen molar-refractivity contribution >= 4 is 34.2 Å². The van der Waals surface area contributed by atoms with Crippen LogP contribution in [0.1, 0.15) is 22.5 Å². The summed E-state index contributed by atoms with van der Waals surface area (Å²) in [4.78, 5) is 28.0. The fourth-order valence-electron chi connectivity index (χ4n) is 3.70. The van der Waals surface area contributed by atoms with Crippen LogP contribution < -0.4 is 10.6 Å². The van der Waals surface area contributed by atoms with Crippen molar-refractivity contribution in [3.05, 3.63) is 95.1 Å². The number of esters is 1. The second-order valence-corrected chi connectivity index (χ2v) is 8.30. The van der Waals surface area contributed by atoms with Gasteiger partial charge in [-0.1, -0.05) is 78.3 Å². The third-order valence-electron chi connectivity index (χ3n) is 5.39. The monoisotopic (exact) mass is 475 g/mol. The van der Waals surface area contributed by atoms with E-state index < -0.39 is 0 Å².